The molecule has 1 aromatic carbocycles. The van der Waals surface area contributed by atoms with Crippen LogP contribution in [-0.2, 0) is 0 Å². The number of benzene rings is 1. The van der Waals surface area contributed by atoms with Gasteiger partial charge in [0.1, 0.15) is 0 Å². The molecule has 1 rings (SSSR count). The molecule has 18 heavy (non-hydrogen) atoms. The zero-order valence-corrected chi connectivity index (χ0v) is 11.5. The van der Waals surface area contributed by atoms with E-state index in [-0.39, 0.29) is 6.10 Å². The van der Waals surface area contributed by atoms with Gasteiger partial charge in [0, 0.05) is 0 Å². The Labute approximate surface area is 111 Å². The molecule has 0 saturated carbocycles. The fourth-order valence-corrected chi connectivity index (χ4v) is 1.93. The van der Waals surface area contributed by atoms with E-state index >= 15 is 0 Å². The van der Waals surface area contributed by atoms with Crippen LogP contribution in [0, 0.1) is 0 Å². The molecule has 1 nitrogen and oxygen atoms in total. The van der Waals surface area contributed by atoms with Gasteiger partial charge in [0.25, 0.3) is 0 Å². The van der Waals surface area contributed by atoms with Crippen molar-refractivity contribution in [3.05, 3.63) is 59.7 Å². The van der Waals surface area contributed by atoms with E-state index in [0.717, 1.165) is 24.8 Å². The largest absolute Gasteiger partial charge is 0.388 e. The standard InChI is InChI=1S/C17H24O/c1-3-10-15(4-2)11-8-9-14-17(18)16-12-6-5-7-13-16/h5-10,12-13,17-18H,3-4,11,14H2,1-2H3/b9-8+,15-10+. The summed E-state index contributed by atoms with van der Waals surface area (Å²) in [6, 6.07) is 9.82. The van der Waals surface area contributed by atoms with Crippen LogP contribution in [0.4, 0.5) is 0 Å². The molecule has 0 bridgehead atoms. The molecule has 0 aromatic heterocycles. The summed E-state index contributed by atoms with van der Waals surface area (Å²) in [5.41, 5.74) is 2.46. The van der Waals surface area contributed by atoms with Gasteiger partial charge in [0.05, 0.1) is 6.10 Å². The Morgan fingerprint density at radius 1 is 1.17 bits per heavy atom. The summed E-state index contributed by atoms with van der Waals surface area (Å²) in [6.07, 6.45) is 10.1. The molecule has 1 N–H and O–H groups in total. The Bertz CT molecular complexity index is 376. The first-order valence-electron chi connectivity index (χ1n) is 6.83. The minimum Gasteiger partial charge on any atom is -0.388 e. The number of allylic oxidation sites excluding steroid dienone is 3. The molecule has 0 aliphatic carbocycles. The van der Waals surface area contributed by atoms with Gasteiger partial charge in [-0.2, -0.15) is 0 Å². The summed E-state index contributed by atoms with van der Waals surface area (Å²) < 4.78 is 0. The van der Waals surface area contributed by atoms with Crippen molar-refractivity contribution in [3.8, 4) is 0 Å². The van der Waals surface area contributed by atoms with Crippen LogP contribution >= 0.6 is 0 Å². The molecule has 0 aliphatic rings. The fraction of sp³-hybridized carbons (Fsp3) is 0.412. The van der Waals surface area contributed by atoms with E-state index in [1.54, 1.807) is 0 Å². The molecular formula is C17H24O. The monoisotopic (exact) mass is 244 g/mol. The van der Waals surface area contributed by atoms with Gasteiger partial charge in [-0.3, -0.25) is 0 Å². The number of hydrogen-bond donors (Lipinski definition) is 1. The zero-order valence-electron chi connectivity index (χ0n) is 11.5. The average Bonchev–Trinajstić information content (AvgIpc) is 2.43. The Hall–Kier alpha value is -1.34. The van der Waals surface area contributed by atoms with Crippen molar-refractivity contribution in [2.45, 2.75) is 45.6 Å². The first kappa shape index (κ1) is 14.7. The molecule has 0 heterocycles. The van der Waals surface area contributed by atoms with Crippen molar-refractivity contribution in [3.63, 3.8) is 0 Å². The maximum atomic E-state index is 9.98. The number of rotatable bonds is 7. The maximum Gasteiger partial charge on any atom is 0.0824 e. The summed E-state index contributed by atoms with van der Waals surface area (Å²) in [4.78, 5) is 0. The van der Waals surface area contributed by atoms with Gasteiger partial charge in [-0.15, -0.1) is 0 Å². The van der Waals surface area contributed by atoms with Crippen LogP contribution < -0.4 is 0 Å². The van der Waals surface area contributed by atoms with Crippen LogP contribution in [-0.4, -0.2) is 5.11 Å². The van der Waals surface area contributed by atoms with E-state index in [1.165, 1.54) is 5.57 Å². The van der Waals surface area contributed by atoms with Crippen LogP contribution in [0.3, 0.4) is 0 Å². The molecule has 0 spiro atoms. The van der Waals surface area contributed by atoms with Crippen molar-refractivity contribution >= 4 is 0 Å². The van der Waals surface area contributed by atoms with Crippen LogP contribution in [0.25, 0.3) is 0 Å². The van der Waals surface area contributed by atoms with Crippen LogP contribution in [0.15, 0.2) is 54.1 Å². The highest BCUT2D eigenvalue weighted by atomic mass is 16.3. The summed E-state index contributed by atoms with van der Waals surface area (Å²) in [5, 5.41) is 9.98. The lowest BCUT2D eigenvalue weighted by atomic mass is 10.0. The number of hydrogen-bond acceptors (Lipinski definition) is 1. The third-order valence-corrected chi connectivity index (χ3v) is 3.04. The van der Waals surface area contributed by atoms with Gasteiger partial charge in [-0.25, -0.2) is 0 Å². The van der Waals surface area contributed by atoms with E-state index < -0.39 is 0 Å². The predicted octanol–water partition coefficient (Wildman–Crippen LogP) is 4.80. The molecule has 0 radical (unpaired) electrons. The van der Waals surface area contributed by atoms with E-state index in [4.69, 9.17) is 0 Å². The van der Waals surface area contributed by atoms with Crippen LogP contribution in [0.5, 0.6) is 0 Å². The van der Waals surface area contributed by atoms with Crippen LogP contribution in [0.1, 0.15) is 51.2 Å². The minimum atomic E-state index is -0.386. The van der Waals surface area contributed by atoms with Crippen molar-refractivity contribution in [1.29, 1.82) is 0 Å². The Kier molecular flexibility index (Phi) is 7.12. The molecule has 1 unspecified atom stereocenters. The highest BCUT2D eigenvalue weighted by Gasteiger charge is 2.03. The van der Waals surface area contributed by atoms with Crippen LogP contribution in [0.2, 0.25) is 0 Å². The normalized spacial score (nSPS) is 14.1. The molecule has 1 aromatic rings. The maximum absolute atomic E-state index is 9.98. The van der Waals surface area contributed by atoms with Gasteiger partial charge < -0.3 is 5.11 Å². The predicted molar refractivity (Wildman–Crippen MR) is 78.4 cm³/mol. The lowest BCUT2D eigenvalue weighted by Crippen LogP contribution is -1.94. The quantitative estimate of drug-likeness (QED) is 0.683. The Balaban J connectivity index is 2.39. The van der Waals surface area contributed by atoms with Crippen molar-refractivity contribution < 1.29 is 5.11 Å². The lowest BCUT2D eigenvalue weighted by molar-refractivity contribution is 0.181. The second kappa shape index (κ2) is 8.71. The molecule has 0 aliphatic heterocycles. The summed E-state index contributed by atoms with van der Waals surface area (Å²) in [7, 11) is 0. The van der Waals surface area contributed by atoms with E-state index in [9.17, 15) is 5.11 Å². The first-order chi connectivity index (χ1) is 8.77. The van der Waals surface area contributed by atoms with E-state index in [2.05, 4.69) is 32.1 Å². The first-order valence-corrected chi connectivity index (χ1v) is 6.83. The molecular weight excluding hydrogens is 220 g/mol. The fourth-order valence-electron chi connectivity index (χ4n) is 1.93. The highest BCUT2D eigenvalue weighted by Crippen LogP contribution is 2.17. The Morgan fingerprint density at radius 3 is 2.50 bits per heavy atom. The topological polar surface area (TPSA) is 20.2 Å². The second-order valence-electron chi connectivity index (χ2n) is 4.46. The smallest absolute Gasteiger partial charge is 0.0824 e. The third-order valence-electron chi connectivity index (χ3n) is 3.04. The molecule has 0 amide bonds. The molecule has 0 fully saturated rings. The van der Waals surface area contributed by atoms with Crippen molar-refractivity contribution in [1.82, 2.24) is 0 Å². The van der Waals surface area contributed by atoms with Crippen molar-refractivity contribution in [2.24, 2.45) is 0 Å². The van der Waals surface area contributed by atoms with Gasteiger partial charge in [0.2, 0.25) is 0 Å². The summed E-state index contributed by atoms with van der Waals surface area (Å²) in [5.74, 6) is 0. The molecule has 1 heteroatoms. The number of aliphatic hydroxyl groups excluding tert-OH is 1. The molecule has 0 saturated heterocycles. The van der Waals surface area contributed by atoms with Crippen molar-refractivity contribution in [2.75, 3.05) is 0 Å². The van der Waals surface area contributed by atoms with Gasteiger partial charge in [-0.1, -0.05) is 68.0 Å². The average molecular weight is 244 g/mol. The summed E-state index contributed by atoms with van der Waals surface area (Å²) >= 11 is 0. The SMILES string of the molecule is CC/C=C(\CC)C/C=C/CC(O)c1ccccc1. The molecule has 1 atom stereocenters. The van der Waals surface area contributed by atoms with Gasteiger partial charge >= 0.3 is 0 Å². The van der Waals surface area contributed by atoms with Gasteiger partial charge in [-0.05, 0) is 31.2 Å². The van der Waals surface area contributed by atoms with E-state index in [1.807, 2.05) is 30.3 Å². The lowest BCUT2D eigenvalue weighted by Gasteiger charge is -2.07. The third kappa shape index (κ3) is 5.33. The summed E-state index contributed by atoms with van der Waals surface area (Å²) in [6.45, 7) is 4.35. The minimum absolute atomic E-state index is 0.386. The highest BCUT2D eigenvalue weighted by molar-refractivity contribution is 5.18. The zero-order chi connectivity index (χ0) is 13.2. The van der Waals surface area contributed by atoms with Gasteiger partial charge in [0.15, 0.2) is 0 Å². The number of aliphatic hydroxyl groups is 1. The molecule has 98 valence electrons. The second-order valence-corrected chi connectivity index (χ2v) is 4.46. The van der Waals surface area contributed by atoms with E-state index in [0.29, 0.717) is 6.42 Å². The Morgan fingerprint density at radius 2 is 1.89 bits per heavy atom.